The third-order valence-corrected chi connectivity index (χ3v) is 2.07. The first-order valence-corrected chi connectivity index (χ1v) is 4.24. The van der Waals surface area contributed by atoms with E-state index in [1.165, 1.54) is 6.07 Å². The molecule has 0 atom stereocenters. The predicted octanol–water partition coefficient (Wildman–Crippen LogP) is 3.22. The van der Waals surface area contributed by atoms with Crippen LogP contribution in [0.4, 0.5) is 4.39 Å². The first-order chi connectivity index (χ1) is 4.75. The van der Waals surface area contributed by atoms with Crippen molar-refractivity contribution < 1.29 is 7.24 Å². The Morgan fingerprint density at radius 1 is 1.55 bits per heavy atom. The molecule has 0 heterocycles. The molecule has 0 nitrogen and oxygen atoms in total. The van der Waals surface area contributed by atoms with Crippen LogP contribution in [0.15, 0.2) is 18.2 Å². The summed E-state index contributed by atoms with van der Waals surface area (Å²) in [6.07, 6.45) is 0. The second kappa shape index (κ2) is 5.35. The molecule has 0 fully saturated rings. The van der Waals surface area contributed by atoms with Crippen LogP contribution in [0.5, 0.6) is 0 Å². The first kappa shape index (κ1) is 11.7. The van der Waals surface area contributed by atoms with Crippen molar-refractivity contribution in [1.82, 2.24) is 0 Å². The molecule has 4 heteroatoms. The Balaban J connectivity index is -0.000000333. The molecule has 0 saturated carbocycles. The monoisotopic (exact) mass is 248 g/mol. The maximum Gasteiger partial charge on any atom is 2.00 e. The van der Waals surface area contributed by atoms with Gasteiger partial charge in [-0.25, -0.2) is 4.39 Å². The Hall–Kier alpha value is 0.686. The minimum Gasteiger partial charge on any atom is -1.00 e. The summed E-state index contributed by atoms with van der Waals surface area (Å²) in [5.74, 6) is -0.332. The maximum atomic E-state index is 12.8. The van der Waals surface area contributed by atoms with Gasteiger partial charge in [0, 0.05) is 5.33 Å². The van der Waals surface area contributed by atoms with Gasteiger partial charge in [0.1, 0.15) is 5.82 Å². The van der Waals surface area contributed by atoms with Gasteiger partial charge in [-0.2, -0.15) is 0 Å². The zero-order valence-electron chi connectivity index (χ0n) is 7.78. The Morgan fingerprint density at radius 2 is 2.18 bits per heavy atom. The van der Waals surface area contributed by atoms with Gasteiger partial charge < -0.3 is 2.85 Å². The fourth-order valence-electron chi connectivity index (χ4n) is 0.652. The summed E-state index contributed by atoms with van der Waals surface area (Å²) in [4.78, 5) is 0. The summed E-state index contributed by atoms with van der Waals surface area (Å²) in [5.41, 5.74) is 0.590. The van der Waals surface area contributed by atoms with E-state index in [2.05, 4.69) is 15.9 Å². The Kier molecular flexibility index (Phi) is 5.69. The number of hydrogen-bond donors (Lipinski definition) is 0. The maximum absolute atomic E-state index is 12.8. The fraction of sp³-hybridized carbons (Fsp3) is 0.143. The average molecular weight is 250 g/mol. The van der Waals surface area contributed by atoms with Crippen molar-refractivity contribution >= 4 is 50.6 Å². The van der Waals surface area contributed by atoms with E-state index >= 15 is 0 Å². The van der Waals surface area contributed by atoms with E-state index in [1.807, 2.05) is 0 Å². The van der Waals surface area contributed by atoms with E-state index in [-0.39, 0.29) is 36.7 Å². The average Bonchev–Trinajstić information content (AvgIpc) is 1.95. The van der Waals surface area contributed by atoms with Crippen LogP contribution < -0.4 is 0 Å². The number of alkyl halides is 1. The molecule has 1 aromatic rings. The molecule has 0 aliphatic heterocycles. The zero-order chi connectivity index (χ0) is 7.56. The van der Waals surface area contributed by atoms with Crippen molar-refractivity contribution in [3.8, 4) is 0 Å². The van der Waals surface area contributed by atoms with E-state index in [9.17, 15) is 4.39 Å². The topological polar surface area (TPSA) is 0 Å². The molecule has 11 heavy (non-hydrogen) atoms. The van der Waals surface area contributed by atoms with Crippen LogP contribution in [0.2, 0.25) is 5.02 Å². The van der Waals surface area contributed by atoms with Gasteiger partial charge in [-0.15, -0.1) is 0 Å². The largest absolute Gasteiger partial charge is 2.00 e. The summed E-state index contributed by atoms with van der Waals surface area (Å²) in [5, 5.41) is 0.677. The van der Waals surface area contributed by atoms with Crippen LogP contribution in [-0.4, -0.2) is 23.1 Å². The van der Waals surface area contributed by atoms with Gasteiger partial charge in [0.25, 0.3) is 0 Å². The third kappa shape index (κ3) is 2.90. The Bertz CT molecular complexity index is 250. The van der Waals surface area contributed by atoms with Gasteiger partial charge in [-0.3, -0.25) is 0 Å². The molecule has 0 saturated heterocycles. The van der Waals surface area contributed by atoms with Crippen molar-refractivity contribution in [3.05, 3.63) is 34.6 Å². The van der Waals surface area contributed by atoms with Gasteiger partial charge in [-0.05, 0) is 11.6 Å². The SMILES string of the molecule is Fc1c(Cl)cccc1CBr.[H-].[H-].[Mg+2]. The number of halogens is 3. The van der Waals surface area contributed by atoms with Crippen LogP contribution >= 0.6 is 27.5 Å². The second-order valence-electron chi connectivity index (χ2n) is 1.85. The molecule has 0 radical (unpaired) electrons. The predicted molar refractivity (Wildman–Crippen MR) is 52.0 cm³/mol. The zero-order valence-corrected chi connectivity index (χ0v) is 9.54. The summed E-state index contributed by atoms with van der Waals surface area (Å²) < 4.78 is 12.8. The van der Waals surface area contributed by atoms with Crippen molar-refractivity contribution in [2.24, 2.45) is 0 Å². The quantitative estimate of drug-likeness (QED) is 0.530. The smallest absolute Gasteiger partial charge is 1.00 e. The van der Waals surface area contributed by atoms with E-state index in [4.69, 9.17) is 11.6 Å². The van der Waals surface area contributed by atoms with Crippen molar-refractivity contribution in [3.63, 3.8) is 0 Å². The second-order valence-corrected chi connectivity index (χ2v) is 2.81. The molecule has 58 valence electrons. The van der Waals surface area contributed by atoms with Gasteiger partial charge in [0.2, 0.25) is 0 Å². The molecule has 1 aromatic carbocycles. The molecule has 0 N–H and O–H groups in total. The standard InChI is InChI=1S/C7H5BrClF.Mg.2H/c8-4-5-2-1-3-6(9)7(5)10;;;/h1-3H,4H2;;;/q;+2;2*-1. The van der Waals surface area contributed by atoms with Crippen molar-refractivity contribution in [1.29, 1.82) is 0 Å². The minimum absolute atomic E-state index is 0. The Morgan fingerprint density at radius 3 is 2.64 bits per heavy atom. The summed E-state index contributed by atoms with van der Waals surface area (Å²) in [7, 11) is 0. The van der Waals surface area contributed by atoms with E-state index < -0.39 is 0 Å². The molecule has 0 aliphatic rings. The summed E-state index contributed by atoms with van der Waals surface area (Å²) in [6, 6.07) is 4.95. The van der Waals surface area contributed by atoms with Gasteiger partial charge >= 0.3 is 23.1 Å². The molecule has 0 spiro atoms. The molecule has 1 rings (SSSR count). The Labute approximate surface area is 97.4 Å². The molecule has 0 amide bonds. The van der Waals surface area contributed by atoms with Gasteiger partial charge in [0.05, 0.1) is 5.02 Å². The van der Waals surface area contributed by atoms with E-state index in [0.717, 1.165) is 0 Å². The van der Waals surface area contributed by atoms with Crippen LogP contribution in [0, 0.1) is 5.82 Å². The van der Waals surface area contributed by atoms with Crippen LogP contribution in [-0.2, 0) is 5.33 Å². The minimum atomic E-state index is -0.332. The third-order valence-electron chi connectivity index (χ3n) is 1.18. The molecule has 0 aliphatic carbocycles. The summed E-state index contributed by atoms with van der Waals surface area (Å²) >= 11 is 8.64. The van der Waals surface area contributed by atoms with E-state index in [0.29, 0.717) is 10.9 Å². The fourth-order valence-corrected chi connectivity index (χ4v) is 1.28. The summed E-state index contributed by atoms with van der Waals surface area (Å²) in [6.45, 7) is 0. The van der Waals surface area contributed by atoms with Crippen LogP contribution in [0.25, 0.3) is 0 Å². The number of rotatable bonds is 1. The number of benzene rings is 1. The molecule has 0 bridgehead atoms. The normalized spacial score (nSPS) is 9.00. The molecular formula is C7H7BrClFMg. The molecular weight excluding hydrogens is 243 g/mol. The molecule has 0 aromatic heterocycles. The van der Waals surface area contributed by atoms with Crippen molar-refractivity contribution in [2.45, 2.75) is 5.33 Å². The molecule has 0 unspecified atom stereocenters. The number of hydrogen-bond acceptors (Lipinski definition) is 0. The van der Waals surface area contributed by atoms with Gasteiger partial charge in [0.15, 0.2) is 0 Å². The first-order valence-electron chi connectivity index (χ1n) is 2.74. The van der Waals surface area contributed by atoms with E-state index in [1.54, 1.807) is 12.1 Å². The van der Waals surface area contributed by atoms with Crippen LogP contribution in [0.3, 0.4) is 0 Å². The van der Waals surface area contributed by atoms with Crippen LogP contribution in [0.1, 0.15) is 8.42 Å². The van der Waals surface area contributed by atoms with Crippen molar-refractivity contribution in [2.75, 3.05) is 0 Å². The van der Waals surface area contributed by atoms with Gasteiger partial charge in [-0.1, -0.05) is 39.7 Å².